The summed E-state index contributed by atoms with van der Waals surface area (Å²) < 4.78 is 0. The van der Waals surface area contributed by atoms with Crippen molar-refractivity contribution in [2.75, 3.05) is 44.7 Å². The third-order valence-corrected chi connectivity index (χ3v) is 4.73. The van der Waals surface area contributed by atoms with Crippen molar-refractivity contribution in [1.82, 2.24) is 15.5 Å². The van der Waals surface area contributed by atoms with Gasteiger partial charge in [-0.1, -0.05) is 13.3 Å². The molecule has 132 valence electrons. The average Bonchev–Trinajstić information content (AvgIpc) is 2.52. The summed E-state index contributed by atoms with van der Waals surface area (Å²) in [7, 11) is 0. The van der Waals surface area contributed by atoms with Crippen LogP contribution in [-0.2, 0) is 0 Å². The van der Waals surface area contributed by atoms with Gasteiger partial charge in [-0.3, -0.25) is 9.89 Å². The van der Waals surface area contributed by atoms with Crippen LogP contribution in [0.15, 0.2) is 4.99 Å². The van der Waals surface area contributed by atoms with E-state index in [0.29, 0.717) is 0 Å². The predicted octanol–water partition coefficient (Wildman–Crippen LogP) is 3.18. The van der Waals surface area contributed by atoms with E-state index in [4.69, 9.17) is 0 Å². The summed E-state index contributed by atoms with van der Waals surface area (Å²) in [5.41, 5.74) is 0. The Bertz CT molecular complexity index is 289. The molecule has 1 rings (SSSR count). The van der Waals surface area contributed by atoms with Gasteiger partial charge in [0, 0.05) is 32.2 Å². The molecule has 0 amide bonds. The second-order valence-corrected chi connectivity index (χ2v) is 6.61. The van der Waals surface area contributed by atoms with Crippen molar-refractivity contribution in [2.24, 2.45) is 4.99 Å². The topological polar surface area (TPSA) is 39.7 Å². The fourth-order valence-corrected chi connectivity index (χ4v) is 3.29. The van der Waals surface area contributed by atoms with E-state index in [9.17, 15) is 0 Å². The van der Waals surface area contributed by atoms with Crippen LogP contribution in [0.4, 0.5) is 0 Å². The van der Waals surface area contributed by atoms with E-state index in [-0.39, 0.29) is 24.0 Å². The van der Waals surface area contributed by atoms with Gasteiger partial charge in [0.1, 0.15) is 0 Å². The van der Waals surface area contributed by atoms with Crippen LogP contribution in [0.3, 0.4) is 0 Å². The Kier molecular flexibility index (Phi) is 15.1. The van der Waals surface area contributed by atoms with Crippen LogP contribution in [0.2, 0.25) is 0 Å². The lowest BCUT2D eigenvalue weighted by atomic mass is 10.0. The zero-order valence-corrected chi connectivity index (χ0v) is 17.7. The SMILES string of the molecule is CCNC(=NCCCSC)NCCN1CCCCC1CC.I. The molecule has 22 heavy (non-hydrogen) atoms. The summed E-state index contributed by atoms with van der Waals surface area (Å²) in [6, 6.07) is 0.793. The molecule has 2 N–H and O–H groups in total. The molecule has 6 heteroatoms. The fraction of sp³-hybridized carbons (Fsp3) is 0.938. The number of hydrogen-bond acceptors (Lipinski definition) is 3. The third-order valence-electron chi connectivity index (χ3n) is 4.03. The maximum absolute atomic E-state index is 4.64. The number of hydrogen-bond donors (Lipinski definition) is 2. The molecule has 1 fully saturated rings. The number of thioether (sulfide) groups is 1. The minimum Gasteiger partial charge on any atom is -0.357 e. The van der Waals surface area contributed by atoms with Crippen molar-refractivity contribution < 1.29 is 0 Å². The maximum atomic E-state index is 4.64. The summed E-state index contributed by atoms with van der Waals surface area (Å²) in [6.07, 6.45) is 8.72. The van der Waals surface area contributed by atoms with Crippen LogP contribution < -0.4 is 10.6 Å². The highest BCUT2D eigenvalue weighted by Gasteiger charge is 2.19. The van der Waals surface area contributed by atoms with Crippen molar-refractivity contribution >= 4 is 41.7 Å². The Morgan fingerprint density at radius 3 is 2.77 bits per heavy atom. The van der Waals surface area contributed by atoms with Crippen LogP contribution in [0.5, 0.6) is 0 Å². The van der Waals surface area contributed by atoms with Gasteiger partial charge in [0.05, 0.1) is 0 Å². The predicted molar refractivity (Wildman–Crippen MR) is 112 cm³/mol. The lowest BCUT2D eigenvalue weighted by Gasteiger charge is -2.35. The molecule has 1 saturated heterocycles. The highest BCUT2D eigenvalue weighted by atomic mass is 127. The largest absolute Gasteiger partial charge is 0.357 e. The number of nitrogens with one attached hydrogen (secondary N) is 2. The third kappa shape index (κ3) is 9.45. The van der Waals surface area contributed by atoms with Gasteiger partial charge in [-0.25, -0.2) is 0 Å². The minimum atomic E-state index is 0. The van der Waals surface area contributed by atoms with E-state index in [1.807, 2.05) is 11.8 Å². The minimum absolute atomic E-state index is 0. The fourth-order valence-electron chi connectivity index (χ4n) is 2.88. The number of likely N-dealkylation sites (tertiary alicyclic amines) is 1. The molecule has 0 aromatic heterocycles. The zero-order chi connectivity index (χ0) is 15.3. The van der Waals surface area contributed by atoms with E-state index < -0.39 is 0 Å². The van der Waals surface area contributed by atoms with E-state index >= 15 is 0 Å². The van der Waals surface area contributed by atoms with E-state index in [0.717, 1.165) is 44.6 Å². The Balaban J connectivity index is 0.00000441. The number of rotatable bonds is 9. The van der Waals surface area contributed by atoms with E-state index in [1.54, 1.807) is 0 Å². The summed E-state index contributed by atoms with van der Waals surface area (Å²) in [6.45, 7) is 9.66. The number of piperidine rings is 1. The Hall–Kier alpha value is 0.310. The second kappa shape index (κ2) is 14.9. The smallest absolute Gasteiger partial charge is 0.191 e. The molecule has 1 aliphatic rings. The Morgan fingerprint density at radius 1 is 1.27 bits per heavy atom. The maximum Gasteiger partial charge on any atom is 0.191 e. The summed E-state index contributed by atoms with van der Waals surface area (Å²) in [4.78, 5) is 7.28. The molecule has 0 bridgehead atoms. The Morgan fingerprint density at radius 2 is 2.09 bits per heavy atom. The lowest BCUT2D eigenvalue weighted by molar-refractivity contribution is 0.147. The first-order chi connectivity index (χ1) is 10.3. The molecule has 1 unspecified atom stereocenters. The first kappa shape index (κ1) is 22.3. The van der Waals surface area contributed by atoms with Gasteiger partial charge in [0.25, 0.3) is 0 Å². The van der Waals surface area contributed by atoms with Gasteiger partial charge < -0.3 is 10.6 Å². The van der Waals surface area contributed by atoms with Crippen LogP contribution in [0.25, 0.3) is 0 Å². The molecular weight excluding hydrogens is 407 g/mol. The summed E-state index contributed by atoms with van der Waals surface area (Å²) >= 11 is 1.89. The first-order valence-corrected chi connectivity index (χ1v) is 9.96. The second-order valence-electron chi connectivity index (χ2n) is 5.63. The summed E-state index contributed by atoms with van der Waals surface area (Å²) in [5.74, 6) is 2.16. The van der Waals surface area contributed by atoms with Crippen molar-refractivity contribution in [3.8, 4) is 0 Å². The van der Waals surface area contributed by atoms with Gasteiger partial charge >= 0.3 is 0 Å². The lowest BCUT2D eigenvalue weighted by Crippen LogP contribution is -2.46. The van der Waals surface area contributed by atoms with Crippen molar-refractivity contribution in [3.05, 3.63) is 0 Å². The molecule has 0 saturated carbocycles. The van der Waals surface area contributed by atoms with Crippen LogP contribution >= 0.6 is 35.7 Å². The first-order valence-electron chi connectivity index (χ1n) is 8.57. The highest BCUT2D eigenvalue weighted by molar-refractivity contribution is 14.0. The molecule has 1 atom stereocenters. The van der Waals surface area contributed by atoms with Gasteiger partial charge in [-0.2, -0.15) is 11.8 Å². The molecule has 0 aromatic rings. The monoisotopic (exact) mass is 442 g/mol. The number of guanidine groups is 1. The quantitative estimate of drug-likeness (QED) is 0.249. The highest BCUT2D eigenvalue weighted by Crippen LogP contribution is 2.18. The summed E-state index contributed by atoms with van der Waals surface area (Å²) in [5, 5.41) is 6.82. The van der Waals surface area contributed by atoms with Gasteiger partial charge in [-0.15, -0.1) is 24.0 Å². The Labute approximate surface area is 158 Å². The average molecular weight is 442 g/mol. The van der Waals surface area contributed by atoms with E-state index in [1.165, 1.54) is 38.0 Å². The van der Waals surface area contributed by atoms with E-state index in [2.05, 4.69) is 40.6 Å². The number of aliphatic imine (C=N–C) groups is 1. The van der Waals surface area contributed by atoms with Crippen LogP contribution in [0, 0.1) is 0 Å². The van der Waals surface area contributed by atoms with Gasteiger partial charge in [0.2, 0.25) is 0 Å². The van der Waals surface area contributed by atoms with Gasteiger partial charge in [0.15, 0.2) is 5.96 Å². The molecule has 1 aliphatic heterocycles. The normalized spacial score (nSPS) is 19.6. The zero-order valence-electron chi connectivity index (χ0n) is 14.6. The van der Waals surface area contributed by atoms with Crippen LogP contribution in [0.1, 0.15) is 46.0 Å². The standard InChI is InChI=1S/C16H34N4S.HI/c1-4-15-9-6-7-12-20(15)13-11-19-16(17-5-2)18-10-8-14-21-3;/h15H,4-14H2,1-3H3,(H2,17,18,19);1H. The van der Waals surface area contributed by atoms with Crippen molar-refractivity contribution in [3.63, 3.8) is 0 Å². The van der Waals surface area contributed by atoms with Crippen LogP contribution in [-0.4, -0.2) is 61.6 Å². The number of halogens is 1. The number of nitrogens with zero attached hydrogens (tertiary/aromatic N) is 2. The molecule has 1 heterocycles. The molecule has 4 nitrogen and oxygen atoms in total. The molecular formula is C16H35IN4S. The molecule has 0 radical (unpaired) electrons. The molecule has 0 aliphatic carbocycles. The van der Waals surface area contributed by atoms with Gasteiger partial charge in [-0.05, 0) is 51.2 Å². The van der Waals surface area contributed by atoms with Crippen molar-refractivity contribution in [2.45, 2.75) is 52.0 Å². The molecule has 0 aromatic carbocycles. The van der Waals surface area contributed by atoms with Crippen molar-refractivity contribution in [1.29, 1.82) is 0 Å². The molecule has 0 spiro atoms.